The second-order valence-electron chi connectivity index (χ2n) is 17.0. The number of nitrogens with zero attached hydrogens (tertiary/aromatic N) is 1. The van der Waals surface area contributed by atoms with Gasteiger partial charge in [-0.3, -0.25) is 19.2 Å². The first-order chi connectivity index (χ1) is 28.2. The first-order valence-corrected chi connectivity index (χ1v) is 20.9. The number of esters is 4. The quantitative estimate of drug-likeness (QED) is 0.0943. The van der Waals surface area contributed by atoms with Gasteiger partial charge in [-0.15, -0.1) is 0 Å². The number of epoxide rings is 1. The minimum absolute atomic E-state index is 0.0609. The molecule has 0 radical (unpaired) electrons. The van der Waals surface area contributed by atoms with E-state index in [1.807, 2.05) is 13.0 Å². The maximum Gasteiger partial charge on any atom is 0.309 e. The van der Waals surface area contributed by atoms with Gasteiger partial charge in [-0.1, -0.05) is 19.9 Å². The lowest BCUT2D eigenvalue weighted by Gasteiger charge is -2.50. The van der Waals surface area contributed by atoms with Crippen LogP contribution in [0.25, 0.3) is 0 Å². The number of aliphatic hydroxyl groups is 2. The van der Waals surface area contributed by atoms with Crippen LogP contribution in [0.1, 0.15) is 93.9 Å². The zero-order valence-electron chi connectivity index (χ0n) is 36.8. The molecule has 18 unspecified atom stereocenters. The van der Waals surface area contributed by atoms with Gasteiger partial charge in [0.1, 0.15) is 54.6 Å². The second kappa shape index (κ2) is 21.8. The Morgan fingerprint density at radius 1 is 0.933 bits per heavy atom. The van der Waals surface area contributed by atoms with E-state index < -0.39 is 127 Å². The smallest absolute Gasteiger partial charge is 0.309 e. The molecule has 0 amide bonds. The summed E-state index contributed by atoms with van der Waals surface area (Å²) in [5.41, 5.74) is -1.50. The molecule has 0 aliphatic carbocycles. The molecule has 342 valence electrons. The fraction of sp³-hybridized carbons (Fsp3) is 0.833. The van der Waals surface area contributed by atoms with Gasteiger partial charge in [0.05, 0.1) is 36.9 Å². The lowest BCUT2D eigenvalue weighted by Crippen LogP contribution is -2.66. The molecule has 60 heavy (non-hydrogen) atoms. The number of hydrogen-bond acceptors (Lipinski definition) is 18. The summed E-state index contributed by atoms with van der Waals surface area (Å²) in [6, 6.07) is -0.804. The van der Waals surface area contributed by atoms with Crippen LogP contribution in [-0.4, -0.2) is 164 Å². The molecule has 4 rings (SSSR count). The number of hydrogen-bond donors (Lipinski definition) is 2. The molecule has 3 fully saturated rings. The van der Waals surface area contributed by atoms with E-state index in [2.05, 4.69) is 0 Å². The summed E-state index contributed by atoms with van der Waals surface area (Å²) in [6.45, 7) is 12.6. The zero-order chi connectivity index (χ0) is 44.6. The number of cyclic esters (lactones) is 1. The molecule has 4 aliphatic heterocycles. The summed E-state index contributed by atoms with van der Waals surface area (Å²) < 4.78 is 60.1. The van der Waals surface area contributed by atoms with Gasteiger partial charge in [-0.25, -0.2) is 0 Å². The van der Waals surface area contributed by atoms with E-state index in [1.165, 1.54) is 27.9 Å². The Balaban J connectivity index is 1.71. The van der Waals surface area contributed by atoms with Crippen LogP contribution < -0.4 is 0 Å². The van der Waals surface area contributed by atoms with E-state index in [0.29, 0.717) is 12.7 Å². The van der Waals surface area contributed by atoms with Gasteiger partial charge in [-0.05, 0) is 66.1 Å². The Hall–Kier alpha value is -3.07. The number of aliphatic hydroxyl groups excluding tert-OH is 1. The molecule has 18 nitrogen and oxygen atoms in total. The number of likely N-dealkylation sites (N-methyl/N-ethyl adjacent to an activating group) is 1. The fourth-order valence-electron chi connectivity index (χ4n) is 8.65. The van der Waals surface area contributed by atoms with Gasteiger partial charge in [0.15, 0.2) is 18.7 Å². The highest BCUT2D eigenvalue weighted by Crippen LogP contribution is 2.38. The van der Waals surface area contributed by atoms with Crippen molar-refractivity contribution in [1.29, 1.82) is 0 Å². The van der Waals surface area contributed by atoms with Crippen LogP contribution in [0.15, 0.2) is 12.2 Å². The van der Waals surface area contributed by atoms with Gasteiger partial charge in [-0.2, -0.15) is 0 Å². The molecular formula is C42H67NO17. The third kappa shape index (κ3) is 13.2. The summed E-state index contributed by atoms with van der Waals surface area (Å²) in [4.78, 5) is 64.6. The van der Waals surface area contributed by atoms with Crippen LogP contribution >= 0.6 is 0 Å². The molecule has 3 saturated heterocycles. The average Bonchev–Trinajstić information content (AvgIpc) is 3.88. The number of methoxy groups -OCH3 is 1. The third-order valence-corrected chi connectivity index (χ3v) is 11.6. The molecule has 0 aromatic carbocycles. The normalized spacial score (nSPS) is 41.7. The van der Waals surface area contributed by atoms with Crippen molar-refractivity contribution < 1.29 is 81.6 Å². The SMILES string of the molecule is CCC(=O)OC1C=CC2OC2CC(C)OC(=O)CC(OC(C)=O)C(OC)C(OC2OC(C)C(OC3CC(C)(O)C(OC(C)=O)C(C)O3)C(N(C)C)C2O)C(CC=O)CC1C. The lowest BCUT2D eigenvalue weighted by atomic mass is 9.82. The molecular weight excluding hydrogens is 790 g/mol. The van der Waals surface area contributed by atoms with Gasteiger partial charge < -0.3 is 67.3 Å². The number of rotatable bonds is 12. The number of carbonyl (C=O) groups excluding carboxylic acids is 5. The highest BCUT2D eigenvalue weighted by molar-refractivity contribution is 5.72. The second-order valence-corrected chi connectivity index (χ2v) is 17.0. The molecule has 0 bridgehead atoms. The van der Waals surface area contributed by atoms with Crippen LogP contribution in [0.5, 0.6) is 0 Å². The Kier molecular flexibility index (Phi) is 18.0. The Morgan fingerprint density at radius 2 is 1.62 bits per heavy atom. The van der Waals surface area contributed by atoms with E-state index >= 15 is 0 Å². The van der Waals surface area contributed by atoms with Crippen LogP contribution in [0, 0.1) is 11.8 Å². The van der Waals surface area contributed by atoms with Crippen molar-refractivity contribution in [3.8, 4) is 0 Å². The Morgan fingerprint density at radius 3 is 2.20 bits per heavy atom. The van der Waals surface area contributed by atoms with Crippen molar-refractivity contribution in [3.63, 3.8) is 0 Å². The van der Waals surface area contributed by atoms with Crippen molar-refractivity contribution in [1.82, 2.24) is 4.90 Å². The van der Waals surface area contributed by atoms with Crippen molar-refractivity contribution in [3.05, 3.63) is 12.2 Å². The molecule has 2 N–H and O–H groups in total. The predicted molar refractivity (Wildman–Crippen MR) is 210 cm³/mol. The molecule has 18 atom stereocenters. The lowest BCUT2D eigenvalue weighted by molar-refractivity contribution is -0.344. The predicted octanol–water partition coefficient (Wildman–Crippen LogP) is 2.16. The largest absolute Gasteiger partial charge is 0.462 e. The average molecular weight is 858 g/mol. The standard InChI is InChI=1S/C42H67NO17/c1-12-32(47)58-28-13-14-29-30(57-29)18-22(3)52-33(48)19-31(55-25(6)45)39(51-11)38(27(15-16-44)17-21(28)2)60-41-36(49)35(43(9)10)37(23(4)54-41)59-34-20-42(8,50)40(24(5)53-34)56-26(7)46/h13-14,16,21-24,27-31,34-41,49-50H,12,15,17-20H2,1-11H3. The molecule has 4 heterocycles. The molecule has 0 aromatic rings. The van der Waals surface area contributed by atoms with Gasteiger partial charge >= 0.3 is 23.9 Å². The minimum Gasteiger partial charge on any atom is -0.462 e. The maximum atomic E-state index is 13.4. The number of carbonyl (C=O) groups is 5. The van der Waals surface area contributed by atoms with E-state index in [4.69, 9.17) is 47.4 Å². The van der Waals surface area contributed by atoms with Crippen molar-refractivity contribution in [2.75, 3.05) is 21.2 Å². The molecule has 0 saturated carbocycles. The fourth-order valence-corrected chi connectivity index (χ4v) is 8.65. The summed E-state index contributed by atoms with van der Waals surface area (Å²) in [6.07, 6.45) is -8.19. The molecule has 0 spiro atoms. The van der Waals surface area contributed by atoms with Gasteiger partial charge in [0.25, 0.3) is 0 Å². The van der Waals surface area contributed by atoms with E-state index in [9.17, 15) is 34.2 Å². The summed E-state index contributed by atoms with van der Waals surface area (Å²) in [7, 11) is 4.83. The summed E-state index contributed by atoms with van der Waals surface area (Å²) >= 11 is 0. The molecule has 18 heteroatoms. The van der Waals surface area contributed by atoms with E-state index in [0.717, 1.165) is 0 Å². The first kappa shape index (κ1) is 49.6. The first-order valence-electron chi connectivity index (χ1n) is 20.9. The molecule has 4 aliphatic rings. The van der Waals surface area contributed by atoms with Crippen molar-refractivity contribution in [2.24, 2.45) is 11.8 Å². The number of fused-ring (bicyclic) bond motifs is 1. The zero-order valence-corrected chi connectivity index (χ0v) is 36.8. The highest BCUT2D eigenvalue weighted by atomic mass is 16.7. The maximum absolute atomic E-state index is 13.4. The Labute approximate surface area is 352 Å². The van der Waals surface area contributed by atoms with E-state index in [-0.39, 0.29) is 37.9 Å². The van der Waals surface area contributed by atoms with Gasteiger partial charge in [0, 0.05) is 46.6 Å². The van der Waals surface area contributed by atoms with Crippen LogP contribution in [0.3, 0.4) is 0 Å². The third-order valence-electron chi connectivity index (χ3n) is 11.6. The van der Waals surface area contributed by atoms with Gasteiger partial charge in [0.2, 0.25) is 0 Å². The van der Waals surface area contributed by atoms with Crippen LogP contribution in [-0.2, 0) is 71.3 Å². The van der Waals surface area contributed by atoms with Crippen LogP contribution in [0.4, 0.5) is 0 Å². The summed E-state index contributed by atoms with van der Waals surface area (Å²) in [5.74, 6) is -3.54. The number of ether oxygens (including phenoxy) is 10. The van der Waals surface area contributed by atoms with Crippen molar-refractivity contribution in [2.45, 2.75) is 191 Å². The van der Waals surface area contributed by atoms with Crippen LogP contribution in [0.2, 0.25) is 0 Å². The monoisotopic (exact) mass is 857 g/mol. The summed E-state index contributed by atoms with van der Waals surface area (Å²) in [5, 5.41) is 23.4. The topological polar surface area (TPSA) is 225 Å². The highest BCUT2D eigenvalue weighted by Gasteiger charge is 2.53. The van der Waals surface area contributed by atoms with E-state index in [1.54, 1.807) is 52.8 Å². The Bertz CT molecular complexity index is 1490. The van der Waals surface area contributed by atoms with Crippen molar-refractivity contribution >= 4 is 30.2 Å². The molecule has 0 aromatic heterocycles. The minimum atomic E-state index is -1.50. The number of aldehydes is 1.